The molecule has 0 fully saturated rings. The third kappa shape index (κ3) is 1.86. The van der Waals surface area contributed by atoms with Crippen molar-refractivity contribution >= 4 is 45.8 Å². The largest absolute Gasteiger partial charge is 0.348 e. The van der Waals surface area contributed by atoms with Crippen molar-refractivity contribution in [1.29, 1.82) is 0 Å². The predicted molar refractivity (Wildman–Crippen MR) is 78.9 cm³/mol. The quantitative estimate of drug-likeness (QED) is 0.477. The Bertz CT molecular complexity index is 708. The van der Waals surface area contributed by atoms with Crippen molar-refractivity contribution in [2.45, 2.75) is 6.92 Å². The number of halogens is 2. The molecule has 2 heterocycles. The number of anilines is 1. The smallest absolute Gasteiger partial charge is 0.287 e. The number of imidazole rings is 1. The lowest BCUT2D eigenvalue weighted by atomic mass is 10.1. The zero-order chi connectivity index (χ0) is 13.6. The third-order valence-electron chi connectivity index (χ3n) is 3.03. The number of carbonyl (C=O) groups is 1. The molecule has 1 aliphatic rings. The summed E-state index contributed by atoms with van der Waals surface area (Å²) in [5.74, 6) is -0.651. The number of fused-ring (bicyclic) bond motifs is 1. The monoisotopic (exact) mass is 369 g/mol. The van der Waals surface area contributed by atoms with Crippen molar-refractivity contribution in [2.24, 2.45) is 0 Å². The lowest BCUT2D eigenvalue weighted by molar-refractivity contribution is -0.115. The fraction of sp³-hybridized carbons (Fsp3) is 0.0769. The van der Waals surface area contributed by atoms with Crippen LogP contribution in [0.4, 0.5) is 10.2 Å². The summed E-state index contributed by atoms with van der Waals surface area (Å²) >= 11 is 2.10. The van der Waals surface area contributed by atoms with Crippen LogP contribution in [0, 0.1) is 10.5 Å². The Morgan fingerprint density at radius 2 is 2.26 bits per heavy atom. The van der Waals surface area contributed by atoms with E-state index in [1.54, 1.807) is 24.5 Å². The minimum Gasteiger partial charge on any atom is -0.348 e. The molecule has 3 rings (SSSR count). The molecule has 4 nitrogen and oxygen atoms in total. The maximum Gasteiger partial charge on any atom is 0.287 e. The molecule has 1 amide bonds. The van der Waals surface area contributed by atoms with Crippen LogP contribution >= 0.6 is 22.6 Å². The van der Waals surface area contributed by atoms with Gasteiger partial charge in [0.15, 0.2) is 0 Å². The van der Waals surface area contributed by atoms with E-state index in [1.807, 2.05) is 13.0 Å². The molecule has 0 aliphatic carbocycles. The average molecular weight is 369 g/mol. The molecule has 0 bridgehead atoms. The number of aryl methyl sites for hydroxylation is 1. The minimum absolute atomic E-state index is 0.186. The normalized spacial score (nSPS) is 16.3. The first-order valence-corrected chi connectivity index (χ1v) is 6.68. The number of hydrogen-bond donors (Lipinski definition) is 1. The molecule has 19 heavy (non-hydrogen) atoms. The van der Waals surface area contributed by atoms with Crippen LogP contribution in [0.2, 0.25) is 0 Å². The zero-order valence-electron chi connectivity index (χ0n) is 9.95. The van der Waals surface area contributed by atoms with E-state index in [4.69, 9.17) is 0 Å². The van der Waals surface area contributed by atoms with Crippen LogP contribution in [0.1, 0.15) is 17.0 Å². The first-order chi connectivity index (χ1) is 9.09. The zero-order valence-corrected chi connectivity index (χ0v) is 12.1. The van der Waals surface area contributed by atoms with Gasteiger partial charge in [-0.05, 0) is 47.7 Å². The van der Waals surface area contributed by atoms with Crippen LogP contribution in [0.15, 0.2) is 24.5 Å². The highest BCUT2D eigenvalue weighted by molar-refractivity contribution is 14.1. The van der Waals surface area contributed by atoms with Gasteiger partial charge in [-0.15, -0.1) is 5.12 Å². The van der Waals surface area contributed by atoms with Crippen molar-refractivity contribution in [3.63, 3.8) is 0 Å². The highest BCUT2D eigenvalue weighted by atomic mass is 127. The molecule has 1 aromatic carbocycles. The molecular weight excluding hydrogens is 360 g/mol. The average Bonchev–Trinajstić information content (AvgIpc) is 2.89. The van der Waals surface area contributed by atoms with Gasteiger partial charge in [0.05, 0.1) is 23.3 Å². The van der Waals surface area contributed by atoms with Crippen molar-refractivity contribution in [3.8, 4) is 0 Å². The van der Waals surface area contributed by atoms with E-state index in [0.717, 1.165) is 9.26 Å². The molecule has 0 saturated heterocycles. The molecule has 6 heteroatoms. The van der Waals surface area contributed by atoms with Crippen LogP contribution < -0.4 is 5.12 Å². The van der Waals surface area contributed by atoms with Crippen LogP contribution in [-0.4, -0.2) is 15.9 Å². The molecule has 0 spiro atoms. The van der Waals surface area contributed by atoms with Crippen molar-refractivity contribution in [1.82, 2.24) is 9.97 Å². The fourth-order valence-corrected chi connectivity index (χ4v) is 2.83. The Hall–Kier alpha value is -1.70. The minimum atomic E-state index is -0.651. The molecule has 1 aromatic heterocycles. The number of H-pyrrole nitrogens is 1. The van der Waals surface area contributed by atoms with Gasteiger partial charge in [-0.25, -0.2) is 4.98 Å². The Morgan fingerprint density at radius 1 is 1.47 bits per heavy atom. The van der Waals surface area contributed by atoms with Crippen LogP contribution in [0.3, 0.4) is 0 Å². The Balaban J connectivity index is 2.22. The molecule has 0 unspecified atom stereocenters. The van der Waals surface area contributed by atoms with E-state index in [2.05, 4.69) is 32.6 Å². The maximum absolute atomic E-state index is 13.9. The first kappa shape index (κ1) is 12.3. The van der Waals surface area contributed by atoms with Gasteiger partial charge in [0, 0.05) is 14.8 Å². The Morgan fingerprint density at radius 3 is 2.95 bits per heavy atom. The topological polar surface area (TPSA) is 49.0 Å². The van der Waals surface area contributed by atoms with Crippen molar-refractivity contribution in [2.75, 3.05) is 5.12 Å². The molecule has 0 radical (unpaired) electrons. The molecule has 96 valence electrons. The predicted octanol–water partition coefficient (Wildman–Crippen LogP) is 3.09. The second-order valence-corrected chi connectivity index (χ2v) is 5.35. The first-order valence-electron chi connectivity index (χ1n) is 5.60. The number of aromatic amines is 1. The summed E-state index contributed by atoms with van der Waals surface area (Å²) in [5, 5.41) is 0.186. The lowest BCUT2D eigenvalue weighted by Gasteiger charge is -2.02. The van der Waals surface area contributed by atoms with Crippen molar-refractivity contribution in [3.05, 3.63) is 45.0 Å². The highest BCUT2D eigenvalue weighted by Gasteiger charge is 2.34. The summed E-state index contributed by atoms with van der Waals surface area (Å²) in [4.78, 5) is 19.0. The number of benzene rings is 1. The fourth-order valence-electron chi connectivity index (χ4n) is 2.05. The number of nitrogens with one attached hydrogen (secondary N) is 1. The number of hydrogen-bond acceptors (Lipinski definition) is 2. The van der Waals surface area contributed by atoms with E-state index in [0.29, 0.717) is 16.8 Å². The van der Waals surface area contributed by atoms with Gasteiger partial charge in [-0.1, -0.05) is 10.5 Å². The number of amides is 1. The van der Waals surface area contributed by atoms with E-state index >= 15 is 0 Å². The second-order valence-electron chi connectivity index (χ2n) is 4.19. The maximum atomic E-state index is 13.9. The third-order valence-corrected chi connectivity index (χ3v) is 3.93. The molecule has 0 saturated carbocycles. The van der Waals surface area contributed by atoms with Gasteiger partial charge in [-0.3, -0.25) is 4.79 Å². The standard InChI is InChI=1S/C13H9FIN3O/c1-7-10(17-6-16-7)5-8-12-9(15)3-2-4-11(12)18(14)13(8)19/h2-6H,1H3,(H,16,17). The summed E-state index contributed by atoms with van der Waals surface area (Å²) in [7, 11) is 0. The van der Waals surface area contributed by atoms with Gasteiger partial charge in [0.25, 0.3) is 5.91 Å². The van der Waals surface area contributed by atoms with Gasteiger partial charge >= 0.3 is 0 Å². The summed E-state index contributed by atoms with van der Waals surface area (Å²) in [6.45, 7) is 1.85. The van der Waals surface area contributed by atoms with Gasteiger partial charge in [0.2, 0.25) is 0 Å². The van der Waals surface area contributed by atoms with Crippen LogP contribution in [0.25, 0.3) is 11.6 Å². The van der Waals surface area contributed by atoms with Crippen molar-refractivity contribution < 1.29 is 9.28 Å². The van der Waals surface area contributed by atoms with Gasteiger partial charge in [0.1, 0.15) is 0 Å². The molecule has 0 atom stereocenters. The molecular formula is C13H9FIN3O. The summed E-state index contributed by atoms with van der Waals surface area (Å²) < 4.78 is 14.7. The number of rotatable bonds is 1. The second kappa shape index (κ2) is 4.44. The summed E-state index contributed by atoms with van der Waals surface area (Å²) in [6, 6.07) is 5.16. The number of aromatic nitrogens is 2. The Kier molecular flexibility index (Phi) is 2.89. The molecule has 2 aromatic rings. The van der Waals surface area contributed by atoms with Gasteiger partial charge in [-0.2, -0.15) is 0 Å². The van der Waals surface area contributed by atoms with E-state index < -0.39 is 5.91 Å². The molecule has 1 N–H and O–H groups in total. The van der Waals surface area contributed by atoms with Crippen LogP contribution in [-0.2, 0) is 4.79 Å². The Labute approximate surface area is 122 Å². The van der Waals surface area contributed by atoms with Gasteiger partial charge < -0.3 is 4.98 Å². The number of nitrogens with zero attached hydrogens (tertiary/aromatic N) is 2. The van der Waals surface area contributed by atoms with E-state index in [1.165, 1.54) is 0 Å². The summed E-state index contributed by atoms with van der Waals surface area (Å²) in [5.41, 5.74) is 2.72. The highest BCUT2D eigenvalue weighted by Crippen LogP contribution is 2.40. The van der Waals surface area contributed by atoms with E-state index in [-0.39, 0.29) is 10.8 Å². The number of carbonyl (C=O) groups excluding carboxylic acids is 1. The SMILES string of the molecule is Cc1[nH]cnc1C=C1C(=O)N(F)c2cccc(I)c21. The van der Waals surface area contributed by atoms with E-state index in [9.17, 15) is 9.28 Å². The molecule has 1 aliphatic heterocycles. The lowest BCUT2D eigenvalue weighted by Crippen LogP contribution is -2.15. The van der Waals surface area contributed by atoms with Crippen LogP contribution in [0.5, 0.6) is 0 Å². The summed E-state index contributed by atoms with van der Waals surface area (Å²) in [6.07, 6.45) is 3.17.